The SMILES string of the molecule is CN(C)/C=C1\C(=O)N(c2ccc(Br)cc2)C[S@@]1=O. The lowest BCUT2D eigenvalue weighted by Gasteiger charge is -2.14. The molecule has 96 valence electrons. The Balaban J connectivity index is 2.31. The van der Waals surface area contributed by atoms with Crippen LogP contribution in [0.1, 0.15) is 0 Å². The van der Waals surface area contributed by atoms with E-state index in [0.717, 1.165) is 10.2 Å². The molecule has 1 amide bonds. The second kappa shape index (κ2) is 5.24. The zero-order chi connectivity index (χ0) is 13.3. The van der Waals surface area contributed by atoms with Crippen LogP contribution >= 0.6 is 15.9 Å². The number of rotatable bonds is 2. The van der Waals surface area contributed by atoms with Crippen molar-refractivity contribution in [3.63, 3.8) is 0 Å². The molecule has 1 saturated heterocycles. The average Bonchev–Trinajstić information content (AvgIpc) is 2.58. The third-order valence-electron chi connectivity index (χ3n) is 2.46. The molecule has 0 saturated carbocycles. The second-order valence-electron chi connectivity index (χ2n) is 4.14. The van der Waals surface area contributed by atoms with Gasteiger partial charge in [0.25, 0.3) is 5.91 Å². The van der Waals surface area contributed by atoms with Crippen molar-refractivity contribution < 1.29 is 9.00 Å². The third kappa shape index (κ3) is 2.64. The van der Waals surface area contributed by atoms with Crippen molar-refractivity contribution in [2.45, 2.75) is 0 Å². The van der Waals surface area contributed by atoms with Crippen LogP contribution in [0, 0.1) is 0 Å². The molecule has 0 aromatic heterocycles. The highest BCUT2D eigenvalue weighted by Gasteiger charge is 2.33. The van der Waals surface area contributed by atoms with Gasteiger partial charge in [0, 0.05) is 30.5 Å². The number of benzene rings is 1. The van der Waals surface area contributed by atoms with Crippen LogP contribution < -0.4 is 4.90 Å². The van der Waals surface area contributed by atoms with E-state index in [1.807, 2.05) is 24.3 Å². The van der Waals surface area contributed by atoms with Gasteiger partial charge in [-0.1, -0.05) is 15.9 Å². The van der Waals surface area contributed by atoms with Crippen molar-refractivity contribution in [3.8, 4) is 0 Å². The van der Waals surface area contributed by atoms with Gasteiger partial charge in [-0.3, -0.25) is 13.9 Å². The first kappa shape index (κ1) is 13.3. The van der Waals surface area contributed by atoms with E-state index in [9.17, 15) is 9.00 Å². The van der Waals surface area contributed by atoms with E-state index in [0.29, 0.717) is 4.91 Å². The largest absolute Gasteiger partial charge is 0.382 e. The highest BCUT2D eigenvalue weighted by atomic mass is 79.9. The molecule has 1 aliphatic heterocycles. The molecule has 0 radical (unpaired) electrons. The van der Waals surface area contributed by atoms with E-state index in [4.69, 9.17) is 0 Å². The average molecular weight is 329 g/mol. The summed E-state index contributed by atoms with van der Waals surface area (Å²) >= 11 is 3.34. The van der Waals surface area contributed by atoms with Crippen molar-refractivity contribution >= 4 is 38.3 Å². The summed E-state index contributed by atoms with van der Waals surface area (Å²) in [6, 6.07) is 7.38. The van der Waals surface area contributed by atoms with Gasteiger partial charge in [0.05, 0.1) is 10.8 Å². The number of halogens is 1. The fourth-order valence-corrected chi connectivity index (χ4v) is 3.17. The number of nitrogens with zero attached hydrogens (tertiary/aromatic N) is 2. The topological polar surface area (TPSA) is 40.6 Å². The Kier molecular flexibility index (Phi) is 3.87. The van der Waals surface area contributed by atoms with Crippen LogP contribution in [-0.4, -0.2) is 35.0 Å². The molecule has 18 heavy (non-hydrogen) atoms. The standard InChI is InChI=1S/C12H13BrN2O2S/c1-14(2)7-11-12(16)15(8-18(11)17)10-5-3-9(13)4-6-10/h3-7H,8H2,1-2H3/b11-7+/t18-/m0/s1. The van der Waals surface area contributed by atoms with Crippen LogP contribution in [0.15, 0.2) is 39.8 Å². The number of amides is 1. The molecule has 0 bridgehead atoms. The minimum absolute atomic E-state index is 0.190. The fraction of sp³-hybridized carbons (Fsp3) is 0.250. The number of hydrogen-bond acceptors (Lipinski definition) is 3. The summed E-state index contributed by atoms with van der Waals surface area (Å²) in [5.41, 5.74) is 0.763. The molecule has 0 spiro atoms. The monoisotopic (exact) mass is 328 g/mol. The first-order chi connectivity index (χ1) is 8.49. The van der Waals surface area contributed by atoms with Crippen LogP contribution in [0.25, 0.3) is 0 Å². The van der Waals surface area contributed by atoms with Crippen molar-refractivity contribution in [2.24, 2.45) is 0 Å². The molecular weight excluding hydrogens is 316 g/mol. The quantitative estimate of drug-likeness (QED) is 0.778. The molecule has 0 N–H and O–H groups in total. The van der Waals surface area contributed by atoms with Gasteiger partial charge in [-0.15, -0.1) is 0 Å². The molecule has 0 aliphatic carbocycles. The molecular formula is C12H13BrN2O2S. The van der Waals surface area contributed by atoms with Gasteiger partial charge in [0.15, 0.2) is 0 Å². The third-order valence-corrected chi connectivity index (χ3v) is 4.25. The predicted molar refractivity (Wildman–Crippen MR) is 76.4 cm³/mol. The zero-order valence-electron chi connectivity index (χ0n) is 10.1. The van der Waals surface area contributed by atoms with Crippen LogP contribution in [0.3, 0.4) is 0 Å². The van der Waals surface area contributed by atoms with E-state index in [1.54, 1.807) is 25.2 Å². The predicted octanol–water partition coefficient (Wildman–Crippen LogP) is 1.90. The molecule has 1 atom stereocenters. The van der Waals surface area contributed by atoms with E-state index < -0.39 is 10.8 Å². The maximum Gasteiger partial charge on any atom is 0.269 e. The zero-order valence-corrected chi connectivity index (χ0v) is 12.5. The summed E-state index contributed by atoms with van der Waals surface area (Å²) in [7, 11) is 2.35. The van der Waals surface area contributed by atoms with Crippen molar-refractivity contribution in [1.82, 2.24) is 4.90 Å². The van der Waals surface area contributed by atoms with Crippen LogP contribution in [0.5, 0.6) is 0 Å². The Morgan fingerprint density at radius 2 is 1.94 bits per heavy atom. The minimum atomic E-state index is -1.26. The fourth-order valence-electron chi connectivity index (χ4n) is 1.64. The Hall–Kier alpha value is -1.14. The van der Waals surface area contributed by atoms with Gasteiger partial charge < -0.3 is 4.90 Å². The molecule has 1 aliphatic rings. The smallest absolute Gasteiger partial charge is 0.269 e. The second-order valence-corrected chi connectivity index (χ2v) is 6.45. The minimum Gasteiger partial charge on any atom is -0.382 e. The summed E-state index contributed by atoms with van der Waals surface area (Å²) in [6.07, 6.45) is 1.62. The highest BCUT2D eigenvalue weighted by molar-refractivity contribution is 9.10. The van der Waals surface area contributed by atoms with Crippen LogP contribution in [0.2, 0.25) is 0 Å². The summed E-state index contributed by atoms with van der Waals surface area (Å²) in [6.45, 7) is 0. The number of carbonyl (C=O) groups excluding carboxylic acids is 1. The highest BCUT2D eigenvalue weighted by Crippen LogP contribution is 2.26. The van der Waals surface area contributed by atoms with Gasteiger partial charge in [-0.25, -0.2) is 0 Å². The molecule has 1 fully saturated rings. The number of hydrogen-bond donors (Lipinski definition) is 0. The first-order valence-corrected chi connectivity index (χ1v) is 7.44. The van der Waals surface area contributed by atoms with E-state index in [-0.39, 0.29) is 11.8 Å². The van der Waals surface area contributed by atoms with Gasteiger partial charge >= 0.3 is 0 Å². The van der Waals surface area contributed by atoms with Crippen molar-refractivity contribution in [1.29, 1.82) is 0 Å². The van der Waals surface area contributed by atoms with Crippen molar-refractivity contribution in [2.75, 3.05) is 24.9 Å². The number of carbonyl (C=O) groups is 1. The molecule has 0 unspecified atom stereocenters. The van der Waals surface area contributed by atoms with Crippen molar-refractivity contribution in [3.05, 3.63) is 39.8 Å². The van der Waals surface area contributed by atoms with E-state index >= 15 is 0 Å². The molecule has 1 aromatic rings. The lowest BCUT2D eigenvalue weighted by atomic mass is 10.3. The Morgan fingerprint density at radius 3 is 2.50 bits per heavy atom. The summed E-state index contributed by atoms with van der Waals surface area (Å²) in [5.74, 6) is 0.0319. The maximum atomic E-state index is 12.2. The lowest BCUT2D eigenvalue weighted by Crippen LogP contribution is -2.24. The lowest BCUT2D eigenvalue weighted by molar-refractivity contribution is -0.114. The maximum absolute atomic E-state index is 12.2. The first-order valence-electron chi connectivity index (χ1n) is 5.33. The summed E-state index contributed by atoms with van der Waals surface area (Å²) in [4.78, 5) is 15.8. The molecule has 2 rings (SSSR count). The Bertz CT molecular complexity index is 525. The van der Waals surface area contributed by atoms with Gasteiger partial charge in [0.2, 0.25) is 0 Å². The summed E-state index contributed by atoms with van der Waals surface area (Å²) < 4.78 is 12.9. The van der Waals surface area contributed by atoms with Crippen LogP contribution in [0.4, 0.5) is 5.69 Å². The van der Waals surface area contributed by atoms with Crippen LogP contribution in [-0.2, 0) is 15.6 Å². The normalized spacial score (nSPS) is 21.7. The molecule has 1 aromatic carbocycles. The molecule has 1 heterocycles. The summed E-state index contributed by atoms with van der Waals surface area (Å²) in [5, 5.41) is 0. The Morgan fingerprint density at radius 1 is 1.33 bits per heavy atom. The van der Waals surface area contributed by atoms with Gasteiger partial charge in [-0.05, 0) is 24.3 Å². The van der Waals surface area contributed by atoms with E-state index in [1.165, 1.54) is 4.90 Å². The molecule has 4 nitrogen and oxygen atoms in total. The Labute approximate surface area is 117 Å². The number of anilines is 1. The van der Waals surface area contributed by atoms with Gasteiger partial charge in [0.1, 0.15) is 10.8 Å². The van der Waals surface area contributed by atoms with Gasteiger partial charge in [-0.2, -0.15) is 0 Å². The van der Waals surface area contributed by atoms with E-state index in [2.05, 4.69) is 15.9 Å². The molecule has 6 heteroatoms.